The maximum absolute atomic E-state index is 11.4. The first-order valence-electron chi connectivity index (χ1n) is 3.98. The second-order valence-electron chi connectivity index (χ2n) is 2.58. The molecule has 0 aliphatic rings. The highest BCUT2D eigenvalue weighted by Crippen LogP contribution is 2.29. The lowest BCUT2D eigenvalue weighted by molar-refractivity contribution is 0.0525. The van der Waals surface area contributed by atoms with Gasteiger partial charge in [0.1, 0.15) is 0 Å². The lowest BCUT2D eigenvalue weighted by Gasteiger charge is -2.06. The van der Waals surface area contributed by atoms with Gasteiger partial charge in [-0.1, -0.05) is 11.6 Å². The zero-order valence-electron chi connectivity index (χ0n) is 7.51. The van der Waals surface area contributed by atoms with Crippen LogP contribution < -0.4 is 5.73 Å². The molecule has 0 aliphatic heterocycles. The molecular formula is C9H9BrClNO2. The number of halogens is 2. The largest absolute Gasteiger partial charge is 0.462 e. The van der Waals surface area contributed by atoms with Gasteiger partial charge >= 0.3 is 5.97 Å². The van der Waals surface area contributed by atoms with Gasteiger partial charge in [-0.05, 0) is 35.0 Å². The summed E-state index contributed by atoms with van der Waals surface area (Å²) >= 11 is 9.03. The molecule has 3 nitrogen and oxygen atoms in total. The van der Waals surface area contributed by atoms with Gasteiger partial charge < -0.3 is 10.5 Å². The zero-order chi connectivity index (χ0) is 10.7. The van der Waals surface area contributed by atoms with Crippen LogP contribution in [0.25, 0.3) is 0 Å². The Bertz CT molecular complexity index is 368. The maximum Gasteiger partial charge on any atom is 0.339 e. The zero-order valence-corrected chi connectivity index (χ0v) is 9.85. The average Bonchev–Trinajstić information content (AvgIpc) is 2.11. The lowest BCUT2D eigenvalue weighted by Crippen LogP contribution is -2.06. The Morgan fingerprint density at radius 2 is 2.29 bits per heavy atom. The van der Waals surface area contributed by atoms with Crippen molar-refractivity contribution in [2.75, 3.05) is 12.3 Å². The van der Waals surface area contributed by atoms with Crippen molar-refractivity contribution >= 4 is 39.2 Å². The molecule has 0 aromatic heterocycles. The van der Waals surface area contributed by atoms with Crippen molar-refractivity contribution < 1.29 is 9.53 Å². The van der Waals surface area contributed by atoms with Crippen molar-refractivity contribution in [1.82, 2.24) is 0 Å². The number of esters is 1. The Balaban J connectivity index is 3.13. The Kier molecular flexibility index (Phi) is 3.77. The lowest BCUT2D eigenvalue weighted by atomic mass is 10.2. The normalized spacial score (nSPS) is 9.93. The molecule has 76 valence electrons. The molecule has 0 bridgehead atoms. The number of anilines is 1. The van der Waals surface area contributed by atoms with Crippen molar-refractivity contribution in [2.24, 2.45) is 0 Å². The summed E-state index contributed by atoms with van der Waals surface area (Å²) in [5, 5.41) is 0.396. The molecule has 0 atom stereocenters. The number of nitrogens with two attached hydrogens (primary N) is 1. The van der Waals surface area contributed by atoms with E-state index in [9.17, 15) is 4.79 Å². The minimum Gasteiger partial charge on any atom is -0.462 e. The van der Waals surface area contributed by atoms with Gasteiger partial charge in [0.15, 0.2) is 0 Å². The minimum absolute atomic E-state index is 0.317. The first-order chi connectivity index (χ1) is 6.56. The first kappa shape index (κ1) is 11.3. The third-order valence-electron chi connectivity index (χ3n) is 1.55. The highest BCUT2D eigenvalue weighted by atomic mass is 79.9. The number of benzene rings is 1. The molecule has 0 amide bonds. The number of rotatable bonds is 2. The fourth-order valence-corrected chi connectivity index (χ4v) is 1.59. The van der Waals surface area contributed by atoms with Gasteiger partial charge in [-0.15, -0.1) is 0 Å². The summed E-state index contributed by atoms with van der Waals surface area (Å²) in [4.78, 5) is 11.4. The van der Waals surface area contributed by atoms with Crippen LogP contribution in [0.5, 0.6) is 0 Å². The summed E-state index contributed by atoms with van der Waals surface area (Å²) in [5.41, 5.74) is 6.33. The van der Waals surface area contributed by atoms with Crippen molar-refractivity contribution in [3.05, 3.63) is 27.2 Å². The monoisotopic (exact) mass is 277 g/mol. The summed E-state index contributed by atoms with van der Waals surface area (Å²) in [6.45, 7) is 2.05. The van der Waals surface area contributed by atoms with Gasteiger partial charge in [-0.3, -0.25) is 0 Å². The van der Waals surface area contributed by atoms with Gasteiger partial charge in [-0.2, -0.15) is 0 Å². The van der Waals surface area contributed by atoms with Crippen molar-refractivity contribution in [2.45, 2.75) is 6.92 Å². The van der Waals surface area contributed by atoms with E-state index in [1.807, 2.05) is 0 Å². The fraction of sp³-hybridized carbons (Fsp3) is 0.222. The van der Waals surface area contributed by atoms with Crippen LogP contribution in [0, 0.1) is 0 Å². The van der Waals surface area contributed by atoms with Crippen LogP contribution in [0.4, 0.5) is 5.69 Å². The standard InChI is InChI=1S/C9H9BrClNO2/c1-2-14-9(13)6-3-5(12)4-7(11)8(6)10/h3-4H,2,12H2,1H3. The molecule has 14 heavy (non-hydrogen) atoms. The van der Waals surface area contributed by atoms with Gasteiger partial charge in [-0.25, -0.2) is 4.79 Å². The quantitative estimate of drug-likeness (QED) is 0.668. The van der Waals surface area contributed by atoms with Crippen LogP contribution in [0.3, 0.4) is 0 Å². The predicted molar refractivity (Wildman–Crippen MR) is 59.5 cm³/mol. The Morgan fingerprint density at radius 1 is 1.64 bits per heavy atom. The van der Waals surface area contributed by atoms with Gasteiger partial charge in [0.25, 0.3) is 0 Å². The maximum atomic E-state index is 11.4. The summed E-state index contributed by atoms with van der Waals surface area (Å²) < 4.78 is 5.34. The van der Waals surface area contributed by atoms with Crippen LogP contribution in [0.1, 0.15) is 17.3 Å². The van der Waals surface area contributed by atoms with Crippen LogP contribution in [0.15, 0.2) is 16.6 Å². The van der Waals surface area contributed by atoms with E-state index < -0.39 is 5.97 Å². The van der Waals surface area contributed by atoms with E-state index in [-0.39, 0.29) is 0 Å². The van der Waals surface area contributed by atoms with E-state index in [2.05, 4.69) is 15.9 Å². The molecular weight excluding hydrogens is 269 g/mol. The first-order valence-corrected chi connectivity index (χ1v) is 5.15. The summed E-state index contributed by atoms with van der Waals surface area (Å²) in [6, 6.07) is 3.09. The minimum atomic E-state index is -0.437. The van der Waals surface area contributed by atoms with Crippen LogP contribution in [-0.4, -0.2) is 12.6 Å². The molecule has 0 fully saturated rings. The Hall–Kier alpha value is -0.740. The van der Waals surface area contributed by atoms with E-state index in [0.717, 1.165) is 0 Å². The summed E-state index contributed by atoms with van der Waals surface area (Å²) in [6.07, 6.45) is 0. The van der Waals surface area contributed by atoms with E-state index in [1.54, 1.807) is 13.0 Å². The number of hydrogen-bond acceptors (Lipinski definition) is 3. The smallest absolute Gasteiger partial charge is 0.339 e. The second kappa shape index (κ2) is 4.66. The number of carbonyl (C=O) groups is 1. The summed E-state index contributed by atoms with van der Waals surface area (Å²) in [5.74, 6) is -0.437. The van der Waals surface area contributed by atoms with Gasteiger partial charge in [0.2, 0.25) is 0 Å². The average molecular weight is 279 g/mol. The number of nitrogen functional groups attached to an aromatic ring is 1. The Morgan fingerprint density at radius 3 is 2.86 bits per heavy atom. The molecule has 0 spiro atoms. The number of ether oxygens (including phenoxy) is 1. The predicted octanol–water partition coefficient (Wildman–Crippen LogP) is 2.86. The third kappa shape index (κ3) is 2.39. The van der Waals surface area contributed by atoms with E-state index in [4.69, 9.17) is 22.1 Å². The van der Waals surface area contributed by atoms with Crippen molar-refractivity contribution in [1.29, 1.82) is 0 Å². The Labute approximate surface area is 95.3 Å². The van der Waals surface area contributed by atoms with Crippen LogP contribution in [-0.2, 0) is 4.74 Å². The topological polar surface area (TPSA) is 52.3 Å². The van der Waals surface area contributed by atoms with Crippen LogP contribution in [0.2, 0.25) is 5.02 Å². The van der Waals surface area contributed by atoms with E-state index >= 15 is 0 Å². The second-order valence-corrected chi connectivity index (χ2v) is 3.78. The van der Waals surface area contributed by atoms with Crippen molar-refractivity contribution in [3.63, 3.8) is 0 Å². The van der Waals surface area contributed by atoms with Crippen LogP contribution >= 0.6 is 27.5 Å². The molecule has 1 rings (SSSR count). The number of hydrogen-bond donors (Lipinski definition) is 1. The molecule has 0 radical (unpaired) electrons. The highest BCUT2D eigenvalue weighted by molar-refractivity contribution is 9.10. The molecule has 5 heteroatoms. The molecule has 0 aliphatic carbocycles. The van der Waals surface area contributed by atoms with E-state index in [0.29, 0.717) is 27.4 Å². The number of carbonyl (C=O) groups excluding carboxylic acids is 1. The van der Waals surface area contributed by atoms with Gasteiger partial charge in [0.05, 0.1) is 21.7 Å². The van der Waals surface area contributed by atoms with E-state index in [1.165, 1.54) is 6.07 Å². The van der Waals surface area contributed by atoms with Crippen molar-refractivity contribution in [3.8, 4) is 0 Å². The molecule has 0 saturated carbocycles. The molecule has 2 N–H and O–H groups in total. The molecule has 0 heterocycles. The summed E-state index contributed by atoms with van der Waals surface area (Å²) in [7, 11) is 0. The molecule has 1 aromatic carbocycles. The fourth-order valence-electron chi connectivity index (χ4n) is 0.967. The van der Waals surface area contributed by atoms with Gasteiger partial charge in [0, 0.05) is 5.69 Å². The SMILES string of the molecule is CCOC(=O)c1cc(N)cc(Cl)c1Br. The molecule has 0 saturated heterocycles. The molecule has 1 aromatic rings. The highest BCUT2D eigenvalue weighted by Gasteiger charge is 2.14. The molecule has 0 unspecified atom stereocenters. The third-order valence-corrected chi connectivity index (χ3v) is 2.93.